The Morgan fingerprint density at radius 1 is 1.07 bits per heavy atom. The number of ether oxygens (including phenoxy) is 3. The fraction of sp³-hybridized carbons (Fsp3) is 0.387. The van der Waals surface area contributed by atoms with Crippen LogP contribution < -0.4 is 9.47 Å². The number of alkyl halides is 3. The molecule has 2 fully saturated rings. The molecule has 13 heteroatoms. The average Bonchev–Trinajstić information content (AvgIpc) is 3.30. The molecule has 0 amide bonds. The van der Waals surface area contributed by atoms with Gasteiger partial charge in [-0.25, -0.2) is 14.2 Å². The first-order valence-electron chi connectivity index (χ1n) is 14.3. The number of imidazole rings is 1. The second-order valence-electron chi connectivity index (χ2n) is 10.9. The lowest BCUT2D eigenvalue weighted by Crippen LogP contribution is -2.39. The van der Waals surface area contributed by atoms with Crippen molar-refractivity contribution < 1.29 is 41.7 Å². The minimum Gasteiger partial charge on any atom is -0.490 e. The predicted octanol–water partition coefficient (Wildman–Crippen LogP) is 5.70. The Kier molecular flexibility index (Phi) is 8.41. The van der Waals surface area contributed by atoms with Gasteiger partial charge in [-0.3, -0.25) is 9.88 Å². The number of halogens is 4. The molecule has 2 saturated heterocycles. The highest BCUT2D eigenvalue weighted by molar-refractivity contribution is 5.92. The van der Waals surface area contributed by atoms with Gasteiger partial charge in [0.2, 0.25) is 0 Å². The fourth-order valence-corrected chi connectivity index (χ4v) is 5.39. The Morgan fingerprint density at radius 2 is 1.86 bits per heavy atom. The van der Waals surface area contributed by atoms with Gasteiger partial charge in [-0.2, -0.15) is 13.2 Å². The highest BCUT2D eigenvalue weighted by atomic mass is 19.4. The van der Waals surface area contributed by atoms with Crippen LogP contribution in [0.4, 0.5) is 17.6 Å². The maximum atomic E-state index is 14.1. The van der Waals surface area contributed by atoms with E-state index in [0.29, 0.717) is 30.6 Å². The lowest BCUT2D eigenvalue weighted by atomic mass is 10.1. The SMILES string of the molecule is O=C(O)c1ccc2nc(CN3CCC(Oc4ccnc(COc5ccc(C(F)(F)F)cc5F)c4)CC3)n(C[C@@H]3CCO3)c2c1. The van der Waals surface area contributed by atoms with Crippen molar-refractivity contribution in [3.63, 3.8) is 0 Å². The monoisotopic (exact) mass is 614 g/mol. The fourth-order valence-electron chi connectivity index (χ4n) is 5.39. The molecule has 2 aliphatic heterocycles. The van der Waals surface area contributed by atoms with Gasteiger partial charge in [-0.05, 0) is 61.7 Å². The van der Waals surface area contributed by atoms with Crippen molar-refractivity contribution in [3.8, 4) is 11.5 Å². The quantitative estimate of drug-likeness (QED) is 0.227. The van der Waals surface area contributed by atoms with Crippen molar-refractivity contribution in [1.82, 2.24) is 19.4 Å². The Bertz CT molecular complexity index is 1650. The van der Waals surface area contributed by atoms with Crippen molar-refractivity contribution in [2.75, 3.05) is 19.7 Å². The summed E-state index contributed by atoms with van der Waals surface area (Å²) in [4.78, 5) is 22.9. The van der Waals surface area contributed by atoms with E-state index >= 15 is 0 Å². The Morgan fingerprint density at radius 3 is 2.55 bits per heavy atom. The molecule has 1 atom stereocenters. The van der Waals surface area contributed by atoms with Gasteiger partial charge < -0.3 is 23.9 Å². The van der Waals surface area contributed by atoms with Gasteiger partial charge in [0.15, 0.2) is 11.6 Å². The number of carbonyl (C=O) groups is 1. The van der Waals surface area contributed by atoms with Gasteiger partial charge in [0, 0.05) is 32.0 Å². The zero-order chi connectivity index (χ0) is 30.8. The van der Waals surface area contributed by atoms with Crippen LogP contribution in [0.3, 0.4) is 0 Å². The van der Waals surface area contributed by atoms with Gasteiger partial charge in [-0.15, -0.1) is 0 Å². The molecular formula is C31H30F4N4O5. The average molecular weight is 615 g/mol. The molecule has 44 heavy (non-hydrogen) atoms. The smallest absolute Gasteiger partial charge is 0.416 e. The van der Waals surface area contributed by atoms with E-state index < -0.39 is 23.5 Å². The van der Waals surface area contributed by atoms with Crippen LogP contribution in [0.1, 0.15) is 46.7 Å². The molecule has 0 saturated carbocycles. The van der Waals surface area contributed by atoms with Crippen LogP contribution in [0.5, 0.6) is 11.5 Å². The summed E-state index contributed by atoms with van der Waals surface area (Å²) in [5, 5.41) is 9.47. The second-order valence-corrected chi connectivity index (χ2v) is 10.9. The maximum Gasteiger partial charge on any atom is 0.416 e. The summed E-state index contributed by atoms with van der Waals surface area (Å²) in [7, 11) is 0. The largest absolute Gasteiger partial charge is 0.490 e. The third-order valence-electron chi connectivity index (χ3n) is 7.88. The van der Waals surface area contributed by atoms with E-state index in [1.165, 1.54) is 0 Å². The van der Waals surface area contributed by atoms with Crippen molar-refractivity contribution in [2.24, 2.45) is 0 Å². The lowest BCUT2D eigenvalue weighted by Gasteiger charge is -2.32. The van der Waals surface area contributed by atoms with Crippen LogP contribution in [-0.2, 0) is 30.6 Å². The van der Waals surface area contributed by atoms with Crippen LogP contribution in [0.2, 0.25) is 0 Å². The van der Waals surface area contributed by atoms with Crippen molar-refractivity contribution in [3.05, 3.63) is 83.2 Å². The number of nitrogens with zero attached hydrogens (tertiary/aromatic N) is 4. The maximum absolute atomic E-state index is 14.1. The highest BCUT2D eigenvalue weighted by Gasteiger charge is 2.31. The summed E-state index contributed by atoms with van der Waals surface area (Å²) < 4.78 is 71.8. The van der Waals surface area contributed by atoms with Gasteiger partial charge in [-0.1, -0.05) is 0 Å². The molecule has 232 valence electrons. The van der Waals surface area contributed by atoms with E-state index in [1.807, 2.05) is 0 Å². The minimum atomic E-state index is -4.64. The number of likely N-dealkylation sites (tertiary alicyclic amines) is 1. The first-order chi connectivity index (χ1) is 21.1. The number of rotatable bonds is 10. The van der Waals surface area contributed by atoms with Crippen LogP contribution >= 0.6 is 0 Å². The summed E-state index contributed by atoms with van der Waals surface area (Å²) in [5.41, 5.74) is 1.11. The van der Waals surface area contributed by atoms with E-state index in [2.05, 4.69) is 14.5 Å². The molecule has 0 spiro atoms. The Balaban J connectivity index is 1.05. The molecule has 4 heterocycles. The molecule has 0 aliphatic carbocycles. The molecule has 0 radical (unpaired) electrons. The van der Waals surface area contributed by atoms with Gasteiger partial charge in [0.05, 0.1) is 47.0 Å². The molecule has 0 bridgehead atoms. The zero-order valence-corrected chi connectivity index (χ0v) is 23.6. The van der Waals surface area contributed by atoms with E-state index in [4.69, 9.17) is 19.2 Å². The molecule has 2 aromatic carbocycles. The normalized spacial score (nSPS) is 17.9. The van der Waals surface area contributed by atoms with Gasteiger partial charge >= 0.3 is 12.1 Å². The number of carboxylic acids is 1. The molecule has 1 N–H and O–H groups in total. The number of aromatic carboxylic acids is 1. The Hall–Kier alpha value is -4.23. The van der Waals surface area contributed by atoms with E-state index in [0.717, 1.165) is 67.9 Å². The number of hydrogen-bond donors (Lipinski definition) is 1. The molecule has 0 unspecified atom stereocenters. The first-order valence-corrected chi connectivity index (χ1v) is 14.3. The molecule has 9 nitrogen and oxygen atoms in total. The number of carboxylic acid groups (broad SMARTS) is 1. The molecule has 2 aliphatic rings. The number of piperidine rings is 1. The van der Waals surface area contributed by atoms with Crippen molar-refractivity contribution in [2.45, 2.75) is 57.3 Å². The predicted molar refractivity (Wildman–Crippen MR) is 150 cm³/mol. The van der Waals surface area contributed by atoms with Crippen LogP contribution in [0.15, 0.2) is 54.7 Å². The molecule has 2 aromatic heterocycles. The minimum absolute atomic E-state index is 0.0462. The molecule has 4 aromatic rings. The molecular weight excluding hydrogens is 584 g/mol. The van der Waals surface area contributed by atoms with Gasteiger partial charge in [0.1, 0.15) is 24.3 Å². The Labute approximate surface area is 250 Å². The standard InChI is InChI=1S/C31H30F4N4O5/c32-25-14-20(31(33,34)35)2-4-28(25)43-18-21-15-23(5-9-36-21)44-22-6-10-38(11-7-22)17-29-37-26-3-1-19(30(40)41)13-27(26)39(29)16-24-8-12-42-24/h1-5,9,13-15,22,24H,6-8,10-12,16-18H2,(H,40,41)/t24-/m0/s1. The lowest BCUT2D eigenvalue weighted by molar-refractivity contribution is -0.137. The number of hydrogen-bond acceptors (Lipinski definition) is 7. The van der Waals surface area contributed by atoms with Crippen LogP contribution in [0.25, 0.3) is 11.0 Å². The van der Waals surface area contributed by atoms with E-state index in [9.17, 15) is 27.5 Å². The number of benzene rings is 2. The first kappa shape index (κ1) is 29.8. The number of pyridine rings is 1. The highest BCUT2D eigenvalue weighted by Crippen LogP contribution is 2.32. The summed E-state index contributed by atoms with van der Waals surface area (Å²) in [6, 6.07) is 10.5. The number of fused-ring (bicyclic) bond motifs is 1. The van der Waals surface area contributed by atoms with Crippen LogP contribution in [-0.4, -0.2) is 62.4 Å². The third-order valence-corrected chi connectivity index (χ3v) is 7.88. The van der Waals surface area contributed by atoms with Crippen LogP contribution in [0, 0.1) is 5.82 Å². The van der Waals surface area contributed by atoms with E-state index in [-0.39, 0.29) is 30.1 Å². The van der Waals surface area contributed by atoms with Crippen molar-refractivity contribution >= 4 is 17.0 Å². The summed E-state index contributed by atoms with van der Waals surface area (Å²) in [6.07, 6.45) is -0.579. The van der Waals surface area contributed by atoms with E-state index in [1.54, 1.807) is 36.5 Å². The second kappa shape index (κ2) is 12.4. The van der Waals surface area contributed by atoms with Gasteiger partial charge in [0.25, 0.3) is 0 Å². The summed E-state index contributed by atoms with van der Waals surface area (Å²) >= 11 is 0. The third kappa shape index (κ3) is 6.78. The summed E-state index contributed by atoms with van der Waals surface area (Å²) in [5.74, 6) is -0.947. The summed E-state index contributed by atoms with van der Waals surface area (Å²) in [6.45, 7) is 3.34. The van der Waals surface area contributed by atoms with Crippen molar-refractivity contribution in [1.29, 1.82) is 0 Å². The molecule has 6 rings (SSSR count). The topological polar surface area (TPSA) is 98.9 Å². The number of aromatic nitrogens is 3. The zero-order valence-electron chi connectivity index (χ0n) is 23.6.